The number of rotatable bonds is 6. The summed E-state index contributed by atoms with van der Waals surface area (Å²) >= 11 is 0. The molecule has 1 N–H and O–H groups in total. The van der Waals surface area contributed by atoms with Gasteiger partial charge in [-0.1, -0.05) is 0 Å². The first kappa shape index (κ1) is 16.7. The molecule has 0 spiro atoms. The topological polar surface area (TPSA) is 98.5 Å². The molecule has 0 unspecified atom stereocenters. The Bertz CT molecular complexity index is 822. The first-order chi connectivity index (χ1) is 10.8. The highest BCUT2D eigenvalue weighted by Gasteiger charge is 2.19. The average molecular weight is 340 g/mol. The number of hydrogen-bond acceptors (Lipinski definition) is 5. The minimum Gasteiger partial charge on any atom is -0.494 e. The highest BCUT2D eigenvalue weighted by atomic mass is 32.2. The van der Waals surface area contributed by atoms with Crippen molar-refractivity contribution in [2.24, 2.45) is 0 Å². The third kappa shape index (κ3) is 3.95. The van der Waals surface area contributed by atoms with Crippen LogP contribution >= 0.6 is 0 Å². The Morgan fingerprint density at radius 1 is 1.22 bits per heavy atom. The van der Waals surface area contributed by atoms with Crippen LogP contribution in [0.4, 0.5) is 15.8 Å². The predicted molar refractivity (Wildman–Crippen MR) is 81.5 cm³/mol. The molecule has 0 heterocycles. The monoisotopic (exact) mass is 340 g/mol. The first-order valence-electron chi connectivity index (χ1n) is 6.53. The van der Waals surface area contributed by atoms with Gasteiger partial charge in [-0.2, -0.15) is 0 Å². The van der Waals surface area contributed by atoms with E-state index in [0.717, 1.165) is 18.2 Å². The number of nitro groups is 1. The number of nitro benzene ring substituents is 1. The fourth-order valence-corrected chi connectivity index (χ4v) is 2.85. The van der Waals surface area contributed by atoms with Crippen molar-refractivity contribution in [1.29, 1.82) is 0 Å². The highest BCUT2D eigenvalue weighted by molar-refractivity contribution is 7.92. The van der Waals surface area contributed by atoms with E-state index in [2.05, 4.69) is 0 Å². The zero-order chi connectivity index (χ0) is 17.0. The van der Waals surface area contributed by atoms with Gasteiger partial charge in [-0.3, -0.25) is 14.8 Å². The summed E-state index contributed by atoms with van der Waals surface area (Å²) < 4.78 is 45.3. The Morgan fingerprint density at radius 2 is 1.87 bits per heavy atom. The van der Waals surface area contributed by atoms with Crippen LogP contribution in [-0.4, -0.2) is 19.9 Å². The molecule has 0 aromatic heterocycles. The van der Waals surface area contributed by atoms with Gasteiger partial charge in [0.25, 0.3) is 15.7 Å². The van der Waals surface area contributed by atoms with Gasteiger partial charge < -0.3 is 4.74 Å². The third-order valence-electron chi connectivity index (χ3n) is 2.85. The summed E-state index contributed by atoms with van der Waals surface area (Å²) in [5.74, 6) is -0.418. The number of nitrogens with zero attached hydrogens (tertiary/aromatic N) is 1. The molecule has 0 aliphatic rings. The molecular weight excluding hydrogens is 327 g/mol. The van der Waals surface area contributed by atoms with E-state index >= 15 is 0 Å². The summed E-state index contributed by atoms with van der Waals surface area (Å²) in [5, 5.41) is 10.7. The lowest BCUT2D eigenvalue weighted by molar-refractivity contribution is -0.384. The largest absolute Gasteiger partial charge is 0.494 e. The molecule has 0 fully saturated rings. The molecule has 2 aromatic carbocycles. The second kappa shape index (κ2) is 6.61. The average Bonchev–Trinajstić information content (AvgIpc) is 2.50. The maximum absolute atomic E-state index is 13.7. The number of anilines is 1. The van der Waals surface area contributed by atoms with Crippen molar-refractivity contribution in [1.82, 2.24) is 0 Å². The SMILES string of the molecule is CCOc1ccc(S(=O)(=O)Nc2cc([N+](=O)[O-])ccc2F)cc1. The Labute approximate surface area is 131 Å². The van der Waals surface area contributed by atoms with E-state index in [-0.39, 0.29) is 4.90 Å². The molecule has 0 amide bonds. The molecule has 0 saturated carbocycles. The van der Waals surface area contributed by atoms with Gasteiger partial charge in [0.15, 0.2) is 0 Å². The van der Waals surface area contributed by atoms with Crippen molar-refractivity contribution in [3.8, 4) is 5.75 Å². The van der Waals surface area contributed by atoms with Gasteiger partial charge in [-0.25, -0.2) is 12.8 Å². The summed E-state index contributed by atoms with van der Waals surface area (Å²) in [6.45, 7) is 2.22. The van der Waals surface area contributed by atoms with E-state index in [4.69, 9.17) is 4.74 Å². The Kier molecular flexibility index (Phi) is 4.80. The fraction of sp³-hybridized carbons (Fsp3) is 0.143. The van der Waals surface area contributed by atoms with Gasteiger partial charge in [0.2, 0.25) is 0 Å². The van der Waals surface area contributed by atoms with E-state index < -0.39 is 32.1 Å². The second-order valence-corrected chi connectivity index (χ2v) is 6.11. The van der Waals surface area contributed by atoms with Crippen molar-refractivity contribution < 1.29 is 22.5 Å². The molecule has 2 aromatic rings. The number of nitrogens with one attached hydrogen (secondary N) is 1. The lowest BCUT2D eigenvalue weighted by atomic mass is 10.3. The lowest BCUT2D eigenvalue weighted by Gasteiger charge is -2.09. The van der Waals surface area contributed by atoms with Crippen molar-refractivity contribution in [3.63, 3.8) is 0 Å². The standard InChI is InChI=1S/C14H13FN2O5S/c1-2-22-11-4-6-12(7-5-11)23(20,21)16-14-9-10(17(18)19)3-8-13(14)15/h3-9,16H,2H2,1H3. The molecule has 9 heteroatoms. The van der Waals surface area contributed by atoms with E-state index in [0.29, 0.717) is 12.4 Å². The number of halogens is 1. The second-order valence-electron chi connectivity index (χ2n) is 4.43. The molecule has 7 nitrogen and oxygen atoms in total. The third-order valence-corrected chi connectivity index (χ3v) is 4.23. The summed E-state index contributed by atoms with van der Waals surface area (Å²) in [7, 11) is -4.08. The molecule has 2 rings (SSSR count). The normalized spacial score (nSPS) is 11.0. The minimum atomic E-state index is -4.08. The lowest BCUT2D eigenvalue weighted by Crippen LogP contribution is -2.14. The number of sulfonamides is 1. The summed E-state index contributed by atoms with van der Waals surface area (Å²) in [5.41, 5.74) is -0.913. The van der Waals surface area contributed by atoms with Crippen molar-refractivity contribution >= 4 is 21.4 Å². The van der Waals surface area contributed by atoms with Gasteiger partial charge in [0.1, 0.15) is 11.6 Å². The Hall–Kier alpha value is -2.68. The van der Waals surface area contributed by atoms with Gasteiger partial charge in [-0.05, 0) is 37.3 Å². The molecule has 0 saturated heterocycles. The van der Waals surface area contributed by atoms with Gasteiger partial charge in [-0.15, -0.1) is 0 Å². The summed E-state index contributed by atoms with van der Waals surface area (Å²) in [6, 6.07) is 8.11. The van der Waals surface area contributed by atoms with Crippen LogP contribution in [-0.2, 0) is 10.0 Å². The molecular formula is C14H13FN2O5S. The summed E-state index contributed by atoms with van der Waals surface area (Å²) in [6.07, 6.45) is 0. The molecule has 0 aliphatic heterocycles. The van der Waals surface area contributed by atoms with Gasteiger partial charge in [0, 0.05) is 12.1 Å². The molecule has 122 valence electrons. The number of non-ortho nitro benzene ring substituents is 1. The molecule has 23 heavy (non-hydrogen) atoms. The maximum Gasteiger partial charge on any atom is 0.271 e. The zero-order valence-corrected chi connectivity index (χ0v) is 12.8. The first-order valence-corrected chi connectivity index (χ1v) is 8.01. The smallest absolute Gasteiger partial charge is 0.271 e. The van der Waals surface area contributed by atoms with E-state index in [1.54, 1.807) is 6.92 Å². The number of ether oxygens (including phenoxy) is 1. The maximum atomic E-state index is 13.7. The van der Waals surface area contributed by atoms with E-state index in [1.807, 2.05) is 4.72 Å². The predicted octanol–water partition coefficient (Wildman–Crippen LogP) is 2.93. The molecule has 0 bridgehead atoms. The van der Waals surface area contributed by atoms with Gasteiger partial charge in [0.05, 0.1) is 22.1 Å². The molecule has 0 radical (unpaired) electrons. The summed E-state index contributed by atoms with van der Waals surface area (Å²) in [4.78, 5) is 9.83. The van der Waals surface area contributed by atoms with Crippen LogP contribution in [0.2, 0.25) is 0 Å². The highest BCUT2D eigenvalue weighted by Crippen LogP contribution is 2.24. The Balaban J connectivity index is 2.30. The van der Waals surface area contributed by atoms with Gasteiger partial charge >= 0.3 is 0 Å². The van der Waals surface area contributed by atoms with Crippen LogP contribution < -0.4 is 9.46 Å². The van der Waals surface area contributed by atoms with Crippen molar-refractivity contribution in [3.05, 3.63) is 58.4 Å². The number of hydrogen-bond donors (Lipinski definition) is 1. The fourth-order valence-electron chi connectivity index (χ4n) is 1.79. The molecule has 0 aliphatic carbocycles. The van der Waals surface area contributed by atoms with Crippen LogP contribution in [0.15, 0.2) is 47.4 Å². The van der Waals surface area contributed by atoms with Crippen LogP contribution in [0, 0.1) is 15.9 Å². The Morgan fingerprint density at radius 3 is 2.43 bits per heavy atom. The van der Waals surface area contributed by atoms with Crippen molar-refractivity contribution in [2.75, 3.05) is 11.3 Å². The molecule has 0 atom stereocenters. The quantitative estimate of drug-likeness (QED) is 0.644. The van der Waals surface area contributed by atoms with Crippen molar-refractivity contribution in [2.45, 2.75) is 11.8 Å². The zero-order valence-electron chi connectivity index (χ0n) is 12.0. The van der Waals surface area contributed by atoms with Crippen LogP contribution in [0.5, 0.6) is 5.75 Å². The van der Waals surface area contributed by atoms with Crippen LogP contribution in [0.1, 0.15) is 6.92 Å². The van der Waals surface area contributed by atoms with E-state index in [1.165, 1.54) is 24.3 Å². The minimum absolute atomic E-state index is 0.119. The van der Waals surface area contributed by atoms with E-state index in [9.17, 15) is 22.9 Å². The van der Waals surface area contributed by atoms with Crippen LogP contribution in [0.25, 0.3) is 0 Å². The number of benzene rings is 2. The van der Waals surface area contributed by atoms with Crippen LogP contribution in [0.3, 0.4) is 0 Å².